The number of imidazole rings is 1. The molecule has 0 saturated carbocycles. The number of hydrogen-bond donors (Lipinski definition) is 0. The van der Waals surface area contributed by atoms with Gasteiger partial charge in [0.1, 0.15) is 11.3 Å². The Kier molecular flexibility index (Phi) is 3.88. The molecule has 4 heteroatoms. The van der Waals surface area contributed by atoms with Gasteiger partial charge in [-0.3, -0.25) is 9.20 Å². The van der Waals surface area contributed by atoms with Crippen molar-refractivity contribution in [1.82, 2.24) is 14.3 Å². The lowest BCUT2D eigenvalue weighted by molar-refractivity contribution is 0.0765. The molecule has 0 aromatic carbocycles. The molecule has 0 aliphatic carbocycles. The summed E-state index contributed by atoms with van der Waals surface area (Å²) < 4.78 is 1.91. The second-order valence-electron chi connectivity index (χ2n) is 4.67. The Labute approximate surface area is 114 Å². The lowest BCUT2D eigenvalue weighted by Crippen LogP contribution is -2.32. The van der Waals surface area contributed by atoms with Crippen molar-refractivity contribution in [2.75, 3.05) is 13.1 Å². The maximum Gasteiger partial charge on any atom is 0.272 e. The zero-order valence-corrected chi connectivity index (χ0v) is 12.1. The highest BCUT2D eigenvalue weighted by Crippen LogP contribution is 2.17. The fraction of sp³-hybridized carbons (Fsp3) is 0.467. The van der Waals surface area contributed by atoms with Crippen LogP contribution in [0.1, 0.15) is 42.5 Å². The second-order valence-corrected chi connectivity index (χ2v) is 4.67. The molecule has 1 amide bonds. The van der Waals surface area contributed by atoms with E-state index in [1.54, 1.807) is 0 Å². The van der Waals surface area contributed by atoms with Gasteiger partial charge in [0.05, 0.1) is 5.69 Å². The SMILES string of the molecule is CCc1nc2cc(C)ccn2c1C(=O)N(CC)CC. The van der Waals surface area contributed by atoms with Crippen LogP contribution in [0.15, 0.2) is 18.3 Å². The fourth-order valence-corrected chi connectivity index (χ4v) is 2.33. The van der Waals surface area contributed by atoms with Crippen molar-refractivity contribution in [3.63, 3.8) is 0 Å². The number of aryl methyl sites for hydroxylation is 2. The third-order valence-electron chi connectivity index (χ3n) is 3.44. The first-order chi connectivity index (χ1) is 9.12. The van der Waals surface area contributed by atoms with Crippen LogP contribution < -0.4 is 0 Å². The molecular weight excluding hydrogens is 238 g/mol. The van der Waals surface area contributed by atoms with Gasteiger partial charge in [-0.15, -0.1) is 0 Å². The van der Waals surface area contributed by atoms with Gasteiger partial charge in [0.2, 0.25) is 0 Å². The van der Waals surface area contributed by atoms with Crippen molar-refractivity contribution in [3.8, 4) is 0 Å². The van der Waals surface area contributed by atoms with Crippen LogP contribution in [-0.2, 0) is 6.42 Å². The number of carbonyl (C=O) groups excluding carboxylic acids is 1. The third-order valence-corrected chi connectivity index (χ3v) is 3.44. The molecule has 0 aliphatic rings. The van der Waals surface area contributed by atoms with Crippen molar-refractivity contribution < 1.29 is 4.79 Å². The van der Waals surface area contributed by atoms with E-state index in [0.29, 0.717) is 5.69 Å². The van der Waals surface area contributed by atoms with E-state index in [-0.39, 0.29) is 5.91 Å². The molecule has 0 radical (unpaired) electrons. The molecule has 19 heavy (non-hydrogen) atoms. The van der Waals surface area contributed by atoms with Gasteiger partial charge in [-0.2, -0.15) is 0 Å². The summed E-state index contributed by atoms with van der Waals surface area (Å²) in [5.41, 5.74) is 3.60. The summed E-state index contributed by atoms with van der Waals surface area (Å²) in [7, 11) is 0. The average molecular weight is 259 g/mol. The predicted molar refractivity (Wildman–Crippen MR) is 76.6 cm³/mol. The molecule has 0 saturated heterocycles. The molecular formula is C15H21N3O. The molecule has 0 atom stereocenters. The van der Waals surface area contributed by atoms with Crippen LogP contribution in [0.2, 0.25) is 0 Å². The molecule has 4 nitrogen and oxygen atoms in total. The van der Waals surface area contributed by atoms with E-state index in [9.17, 15) is 4.79 Å². The maximum absolute atomic E-state index is 12.6. The lowest BCUT2D eigenvalue weighted by Gasteiger charge is -2.18. The lowest BCUT2D eigenvalue weighted by atomic mass is 10.2. The van der Waals surface area contributed by atoms with E-state index >= 15 is 0 Å². The number of rotatable bonds is 4. The summed E-state index contributed by atoms with van der Waals surface area (Å²) in [5, 5.41) is 0. The Balaban J connectivity index is 2.60. The van der Waals surface area contributed by atoms with Gasteiger partial charge < -0.3 is 4.90 Å². The van der Waals surface area contributed by atoms with Crippen molar-refractivity contribution in [1.29, 1.82) is 0 Å². The van der Waals surface area contributed by atoms with Crippen molar-refractivity contribution in [2.45, 2.75) is 34.1 Å². The minimum absolute atomic E-state index is 0.0678. The van der Waals surface area contributed by atoms with Crippen molar-refractivity contribution in [3.05, 3.63) is 35.3 Å². The number of fused-ring (bicyclic) bond motifs is 1. The number of pyridine rings is 1. The van der Waals surface area contributed by atoms with Crippen LogP contribution in [-0.4, -0.2) is 33.3 Å². The molecule has 0 aliphatic heterocycles. The molecule has 0 bridgehead atoms. The third kappa shape index (κ3) is 2.35. The van der Waals surface area contributed by atoms with Gasteiger partial charge >= 0.3 is 0 Å². The number of hydrogen-bond acceptors (Lipinski definition) is 2. The summed E-state index contributed by atoms with van der Waals surface area (Å²) in [6.45, 7) is 9.51. The highest BCUT2D eigenvalue weighted by Gasteiger charge is 2.21. The van der Waals surface area contributed by atoms with Crippen molar-refractivity contribution >= 4 is 11.6 Å². The molecule has 0 fully saturated rings. The first-order valence-electron chi connectivity index (χ1n) is 6.89. The number of nitrogens with zero attached hydrogens (tertiary/aromatic N) is 3. The van der Waals surface area contributed by atoms with Gasteiger partial charge in [-0.1, -0.05) is 6.92 Å². The van der Waals surface area contributed by atoms with Crippen molar-refractivity contribution in [2.24, 2.45) is 0 Å². The van der Waals surface area contributed by atoms with E-state index in [0.717, 1.165) is 36.4 Å². The molecule has 0 N–H and O–H groups in total. The van der Waals surface area contributed by atoms with Crippen LogP contribution >= 0.6 is 0 Å². The first kappa shape index (κ1) is 13.6. The van der Waals surface area contributed by atoms with Crippen LogP contribution in [0.5, 0.6) is 0 Å². The molecule has 2 aromatic heterocycles. The predicted octanol–water partition coefficient (Wildman–Crippen LogP) is 2.69. The molecule has 0 unspecified atom stereocenters. The van der Waals surface area contributed by atoms with E-state index in [1.165, 1.54) is 0 Å². The van der Waals surface area contributed by atoms with Crippen LogP contribution in [0.3, 0.4) is 0 Å². The first-order valence-corrected chi connectivity index (χ1v) is 6.89. The largest absolute Gasteiger partial charge is 0.338 e. The Morgan fingerprint density at radius 3 is 2.58 bits per heavy atom. The number of amides is 1. The van der Waals surface area contributed by atoms with Gasteiger partial charge in [-0.05, 0) is 44.9 Å². The highest BCUT2D eigenvalue weighted by atomic mass is 16.2. The Morgan fingerprint density at radius 2 is 2.00 bits per heavy atom. The van der Waals surface area contributed by atoms with Crippen LogP contribution in [0.25, 0.3) is 5.65 Å². The number of aromatic nitrogens is 2. The Hall–Kier alpha value is -1.84. The van der Waals surface area contributed by atoms with Crippen LogP contribution in [0.4, 0.5) is 0 Å². The molecule has 102 valence electrons. The monoisotopic (exact) mass is 259 g/mol. The van der Waals surface area contributed by atoms with Gasteiger partial charge in [-0.25, -0.2) is 4.98 Å². The molecule has 0 spiro atoms. The maximum atomic E-state index is 12.6. The smallest absolute Gasteiger partial charge is 0.272 e. The zero-order valence-electron chi connectivity index (χ0n) is 12.1. The van der Waals surface area contributed by atoms with Crippen LogP contribution in [0, 0.1) is 6.92 Å². The van der Waals surface area contributed by atoms with Gasteiger partial charge in [0.25, 0.3) is 5.91 Å². The number of carbonyl (C=O) groups is 1. The second kappa shape index (κ2) is 5.43. The van der Waals surface area contributed by atoms with E-state index in [4.69, 9.17) is 0 Å². The summed E-state index contributed by atoms with van der Waals surface area (Å²) in [4.78, 5) is 19.0. The summed E-state index contributed by atoms with van der Waals surface area (Å²) in [5.74, 6) is 0.0678. The van der Waals surface area contributed by atoms with E-state index < -0.39 is 0 Å². The Morgan fingerprint density at radius 1 is 1.32 bits per heavy atom. The van der Waals surface area contributed by atoms with Gasteiger partial charge in [0, 0.05) is 19.3 Å². The minimum Gasteiger partial charge on any atom is -0.338 e. The normalized spacial score (nSPS) is 10.9. The topological polar surface area (TPSA) is 37.6 Å². The quantitative estimate of drug-likeness (QED) is 0.846. The van der Waals surface area contributed by atoms with E-state index in [1.807, 2.05) is 55.3 Å². The zero-order chi connectivity index (χ0) is 14.0. The Bertz CT molecular complexity index is 597. The fourth-order valence-electron chi connectivity index (χ4n) is 2.33. The van der Waals surface area contributed by atoms with E-state index in [2.05, 4.69) is 4.98 Å². The van der Waals surface area contributed by atoms with Gasteiger partial charge in [0.15, 0.2) is 0 Å². The average Bonchev–Trinajstić information content (AvgIpc) is 2.77. The minimum atomic E-state index is 0.0678. The highest BCUT2D eigenvalue weighted by molar-refractivity contribution is 5.94. The standard InChI is InChI=1S/C15H21N3O/c1-5-12-14(15(19)17(6-2)7-3)18-9-8-11(4)10-13(18)16-12/h8-10H,5-7H2,1-4H3. The summed E-state index contributed by atoms with van der Waals surface area (Å²) >= 11 is 0. The molecule has 2 rings (SSSR count). The summed E-state index contributed by atoms with van der Waals surface area (Å²) in [6.07, 6.45) is 2.70. The molecule has 2 aromatic rings. The summed E-state index contributed by atoms with van der Waals surface area (Å²) in [6, 6.07) is 4.02. The molecule has 2 heterocycles.